The average Bonchev–Trinajstić information content (AvgIpc) is 2.19. The van der Waals surface area contributed by atoms with Crippen molar-refractivity contribution in [3.05, 3.63) is 34.9 Å². The molecule has 0 aromatic heterocycles. The minimum atomic E-state index is -2.53. The summed E-state index contributed by atoms with van der Waals surface area (Å²) in [4.78, 5) is 0. The molecule has 0 radical (unpaired) electrons. The second-order valence-electron chi connectivity index (χ2n) is 2.38. The molecule has 1 atom stereocenters. The van der Waals surface area contributed by atoms with Crippen molar-refractivity contribution in [2.75, 3.05) is 0 Å². The third kappa shape index (κ3) is 1.68. The van der Waals surface area contributed by atoms with Crippen LogP contribution in [-0.4, -0.2) is 5.21 Å². The van der Waals surface area contributed by atoms with Gasteiger partial charge >= 0.3 is 0 Å². The van der Waals surface area contributed by atoms with Crippen molar-refractivity contribution in [3.63, 3.8) is 0 Å². The summed E-state index contributed by atoms with van der Waals surface area (Å²) < 4.78 is 62.6. The van der Waals surface area contributed by atoms with E-state index in [4.69, 9.17) is 5.21 Å². The van der Waals surface area contributed by atoms with Gasteiger partial charge in [-0.1, -0.05) is 0 Å². The maximum absolute atomic E-state index is 12.7. The Labute approximate surface area is 74.9 Å². The second kappa shape index (κ2) is 3.89. The van der Waals surface area contributed by atoms with Gasteiger partial charge in [0.1, 0.15) is 0 Å². The fraction of sp³-hybridized carbons (Fsp3) is 0.143. The molecule has 2 nitrogen and oxygen atoms in total. The molecule has 0 aliphatic heterocycles. The lowest BCUT2D eigenvalue weighted by molar-refractivity contribution is 0.0563. The number of hydrogen-bond acceptors (Lipinski definition) is 2. The zero-order valence-corrected chi connectivity index (χ0v) is 6.49. The highest BCUT2D eigenvalue weighted by atomic mass is 19.2. The van der Waals surface area contributed by atoms with Crippen molar-refractivity contribution in [2.45, 2.75) is 6.30 Å². The van der Waals surface area contributed by atoms with Crippen LogP contribution in [0.1, 0.15) is 11.9 Å². The molecule has 0 fully saturated rings. The number of benzene rings is 1. The van der Waals surface area contributed by atoms with Gasteiger partial charge in [0.15, 0.2) is 23.3 Å². The fourth-order valence-electron chi connectivity index (χ4n) is 0.845. The van der Waals surface area contributed by atoms with Crippen LogP contribution < -0.4 is 5.48 Å². The van der Waals surface area contributed by atoms with E-state index in [0.717, 1.165) is 5.48 Å². The van der Waals surface area contributed by atoms with Gasteiger partial charge in [0.25, 0.3) is 0 Å². The van der Waals surface area contributed by atoms with Crippen molar-refractivity contribution in [1.29, 1.82) is 0 Å². The zero-order valence-electron chi connectivity index (χ0n) is 6.49. The van der Waals surface area contributed by atoms with Gasteiger partial charge in [0, 0.05) is 5.56 Å². The maximum atomic E-state index is 12.7. The van der Waals surface area contributed by atoms with Gasteiger partial charge in [-0.25, -0.2) is 22.0 Å². The van der Waals surface area contributed by atoms with Crippen molar-refractivity contribution >= 4 is 0 Å². The summed E-state index contributed by atoms with van der Waals surface area (Å²) in [5.41, 5.74) is -0.216. The lowest BCUT2D eigenvalue weighted by Crippen LogP contribution is -2.15. The monoisotopic (exact) mass is 213 g/mol. The van der Waals surface area contributed by atoms with Crippen LogP contribution in [0.15, 0.2) is 6.07 Å². The first-order valence-corrected chi connectivity index (χ1v) is 3.35. The Morgan fingerprint density at radius 1 is 1.07 bits per heavy atom. The molecule has 0 bridgehead atoms. The molecule has 2 N–H and O–H groups in total. The van der Waals surface area contributed by atoms with Gasteiger partial charge in [-0.05, 0) is 6.07 Å². The smallest absolute Gasteiger partial charge is 0.200 e. The number of nitrogens with one attached hydrogen (secondary N) is 1. The van der Waals surface area contributed by atoms with Crippen molar-refractivity contribution < 1.29 is 27.2 Å². The molecule has 0 aliphatic rings. The summed E-state index contributed by atoms with van der Waals surface area (Å²) in [6.45, 7) is 0. The van der Waals surface area contributed by atoms with Crippen molar-refractivity contribution in [1.82, 2.24) is 5.48 Å². The van der Waals surface area contributed by atoms with E-state index in [1.54, 1.807) is 0 Å². The van der Waals surface area contributed by atoms with E-state index < -0.39 is 35.1 Å². The molecule has 0 amide bonds. The summed E-state index contributed by atoms with van der Waals surface area (Å²) in [7, 11) is 0. The Balaban J connectivity index is 3.33. The minimum Gasteiger partial charge on any atom is -0.314 e. The molecule has 1 unspecified atom stereocenters. The Morgan fingerprint density at radius 2 is 1.64 bits per heavy atom. The third-order valence-electron chi connectivity index (χ3n) is 1.52. The molecule has 14 heavy (non-hydrogen) atoms. The van der Waals surface area contributed by atoms with E-state index in [1.807, 2.05) is 0 Å². The number of hydroxylamine groups is 1. The van der Waals surface area contributed by atoms with Crippen LogP contribution in [0.2, 0.25) is 0 Å². The molecule has 1 rings (SSSR count). The molecule has 0 heterocycles. The minimum absolute atomic E-state index is 0.113. The molecule has 7 heteroatoms. The zero-order chi connectivity index (χ0) is 10.9. The van der Waals surface area contributed by atoms with E-state index in [9.17, 15) is 22.0 Å². The highest BCUT2D eigenvalue weighted by molar-refractivity contribution is 5.23. The molecule has 0 saturated carbocycles. The van der Waals surface area contributed by atoms with Crippen LogP contribution in [-0.2, 0) is 0 Å². The largest absolute Gasteiger partial charge is 0.314 e. The van der Waals surface area contributed by atoms with E-state index in [1.165, 1.54) is 0 Å². The van der Waals surface area contributed by atoms with Crippen LogP contribution in [0.3, 0.4) is 0 Å². The first-order chi connectivity index (χ1) is 6.49. The standard InChI is InChI=1S/C7H4F5NO/c8-3-1-2(7(12)13-14)4(9)6(11)5(3)10/h1,7,13-14H. The second-order valence-corrected chi connectivity index (χ2v) is 2.38. The molecule has 0 saturated heterocycles. The normalized spacial score (nSPS) is 13.0. The van der Waals surface area contributed by atoms with Crippen molar-refractivity contribution in [3.8, 4) is 0 Å². The SMILES string of the molecule is ONC(F)c1cc(F)c(F)c(F)c1F. The highest BCUT2D eigenvalue weighted by Gasteiger charge is 2.23. The van der Waals surface area contributed by atoms with Gasteiger partial charge in [-0.2, -0.15) is 5.48 Å². The summed E-state index contributed by atoms with van der Waals surface area (Å²) in [5, 5.41) is 8.03. The summed E-state index contributed by atoms with van der Waals surface area (Å²) in [6, 6.07) is 0.113. The molecule has 0 spiro atoms. The number of alkyl halides is 1. The van der Waals surface area contributed by atoms with E-state index in [-0.39, 0.29) is 6.07 Å². The number of rotatable bonds is 2. The van der Waals surface area contributed by atoms with Crippen molar-refractivity contribution in [2.24, 2.45) is 0 Å². The first kappa shape index (κ1) is 10.9. The van der Waals surface area contributed by atoms with Crippen LogP contribution in [0, 0.1) is 23.3 Å². The van der Waals surface area contributed by atoms with Gasteiger partial charge < -0.3 is 5.21 Å². The van der Waals surface area contributed by atoms with Crippen LogP contribution >= 0.6 is 0 Å². The highest BCUT2D eigenvalue weighted by Crippen LogP contribution is 2.24. The van der Waals surface area contributed by atoms with Crippen LogP contribution in [0.25, 0.3) is 0 Å². The van der Waals surface area contributed by atoms with Crippen LogP contribution in [0.5, 0.6) is 0 Å². The number of halogens is 5. The Bertz CT molecular complexity index is 356. The van der Waals surface area contributed by atoms with E-state index in [2.05, 4.69) is 0 Å². The third-order valence-corrected chi connectivity index (χ3v) is 1.52. The van der Waals surface area contributed by atoms with Crippen LogP contribution in [0.4, 0.5) is 22.0 Å². The molecular weight excluding hydrogens is 209 g/mol. The average molecular weight is 213 g/mol. The predicted octanol–water partition coefficient (Wildman–Crippen LogP) is 2.19. The van der Waals surface area contributed by atoms with Gasteiger partial charge in [-0.3, -0.25) is 0 Å². The maximum Gasteiger partial charge on any atom is 0.200 e. The molecule has 0 aliphatic carbocycles. The molecule has 1 aromatic rings. The lowest BCUT2D eigenvalue weighted by atomic mass is 10.2. The summed E-state index contributed by atoms with van der Waals surface area (Å²) in [5.74, 6) is -7.79. The lowest BCUT2D eigenvalue weighted by Gasteiger charge is -2.08. The van der Waals surface area contributed by atoms with Gasteiger partial charge in [-0.15, -0.1) is 0 Å². The number of hydrogen-bond donors (Lipinski definition) is 2. The quantitative estimate of drug-likeness (QED) is 0.259. The Morgan fingerprint density at radius 3 is 2.14 bits per heavy atom. The summed E-state index contributed by atoms with van der Waals surface area (Å²) >= 11 is 0. The molecule has 78 valence electrons. The fourth-order valence-corrected chi connectivity index (χ4v) is 0.845. The van der Waals surface area contributed by atoms with E-state index in [0.29, 0.717) is 0 Å². The Kier molecular flexibility index (Phi) is 3.02. The molecular formula is C7H4F5NO. The van der Waals surface area contributed by atoms with Gasteiger partial charge in [0.2, 0.25) is 6.30 Å². The predicted molar refractivity (Wildman–Crippen MR) is 35.0 cm³/mol. The van der Waals surface area contributed by atoms with Gasteiger partial charge in [0.05, 0.1) is 0 Å². The molecule has 1 aromatic carbocycles. The first-order valence-electron chi connectivity index (χ1n) is 3.35. The Hall–Kier alpha value is -1.21. The topological polar surface area (TPSA) is 32.3 Å². The van der Waals surface area contributed by atoms with E-state index >= 15 is 0 Å². The summed E-state index contributed by atoms with van der Waals surface area (Å²) in [6.07, 6.45) is -2.53.